The summed E-state index contributed by atoms with van der Waals surface area (Å²) >= 11 is 6.01. The fourth-order valence-electron chi connectivity index (χ4n) is 3.08. The molecule has 4 rings (SSSR count). The third kappa shape index (κ3) is 4.60. The van der Waals surface area contributed by atoms with Gasteiger partial charge in [-0.2, -0.15) is 13.2 Å². The Hall–Kier alpha value is -3.78. The van der Waals surface area contributed by atoms with Crippen molar-refractivity contribution in [3.05, 3.63) is 101 Å². The number of hydrogen-bond acceptors (Lipinski definition) is 3. The Labute approximate surface area is 186 Å². The van der Waals surface area contributed by atoms with E-state index in [4.69, 9.17) is 11.6 Å². The minimum atomic E-state index is -4.56. The van der Waals surface area contributed by atoms with Crippen molar-refractivity contribution in [2.45, 2.75) is 6.18 Å². The molecule has 4 aromatic rings. The van der Waals surface area contributed by atoms with Crippen LogP contribution in [0.3, 0.4) is 0 Å². The lowest BCUT2D eigenvalue weighted by atomic mass is 10.1. The van der Waals surface area contributed by atoms with E-state index < -0.39 is 17.6 Å². The van der Waals surface area contributed by atoms with E-state index in [1.807, 2.05) is 54.6 Å². The second-order valence-corrected chi connectivity index (χ2v) is 7.22. The van der Waals surface area contributed by atoms with Crippen LogP contribution in [0.5, 0.6) is 0 Å². The Balaban J connectivity index is 1.47. The first kappa shape index (κ1) is 21.5. The SMILES string of the molecule is O=C(NNc1ccc(-c2ccccc2)cc1)c1cccn1-c1ncc(C(F)(F)F)cc1Cl. The molecule has 162 valence electrons. The summed E-state index contributed by atoms with van der Waals surface area (Å²) in [5.74, 6) is -0.498. The highest BCUT2D eigenvalue weighted by molar-refractivity contribution is 6.32. The minimum absolute atomic E-state index is 0.0158. The van der Waals surface area contributed by atoms with Crippen molar-refractivity contribution in [3.8, 4) is 16.9 Å². The number of carbonyl (C=O) groups excluding carboxylic acids is 1. The first-order chi connectivity index (χ1) is 15.3. The molecule has 0 bridgehead atoms. The molecular weight excluding hydrogens is 441 g/mol. The molecule has 0 spiro atoms. The maximum atomic E-state index is 12.9. The molecule has 0 radical (unpaired) electrons. The van der Waals surface area contributed by atoms with Gasteiger partial charge in [0, 0.05) is 12.4 Å². The summed E-state index contributed by atoms with van der Waals surface area (Å²) in [6.45, 7) is 0. The molecule has 0 saturated carbocycles. The van der Waals surface area contributed by atoms with E-state index in [9.17, 15) is 18.0 Å². The molecule has 9 heteroatoms. The predicted molar refractivity (Wildman–Crippen MR) is 117 cm³/mol. The van der Waals surface area contributed by atoms with Crippen LogP contribution in [0.25, 0.3) is 16.9 Å². The Morgan fingerprint density at radius 2 is 1.62 bits per heavy atom. The van der Waals surface area contributed by atoms with Crippen molar-refractivity contribution >= 4 is 23.2 Å². The largest absolute Gasteiger partial charge is 0.417 e. The van der Waals surface area contributed by atoms with Crippen LogP contribution in [0, 0.1) is 0 Å². The van der Waals surface area contributed by atoms with Crippen LogP contribution in [0.4, 0.5) is 18.9 Å². The molecule has 0 atom stereocenters. The number of carbonyl (C=O) groups is 1. The van der Waals surface area contributed by atoms with Crippen LogP contribution in [0.2, 0.25) is 5.02 Å². The van der Waals surface area contributed by atoms with E-state index in [0.717, 1.165) is 17.2 Å². The quantitative estimate of drug-likeness (QED) is 0.364. The first-order valence-corrected chi connectivity index (χ1v) is 9.83. The van der Waals surface area contributed by atoms with Crippen molar-refractivity contribution in [1.82, 2.24) is 15.0 Å². The number of nitrogens with one attached hydrogen (secondary N) is 2. The summed E-state index contributed by atoms with van der Waals surface area (Å²) in [5, 5.41) is -0.227. The molecule has 0 aliphatic carbocycles. The highest BCUT2D eigenvalue weighted by atomic mass is 35.5. The molecule has 2 aromatic heterocycles. The second kappa shape index (κ2) is 8.76. The van der Waals surface area contributed by atoms with Gasteiger partial charge in [0.2, 0.25) is 0 Å². The van der Waals surface area contributed by atoms with Gasteiger partial charge in [-0.15, -0.1) is 0 Å². The van der Waals surface area contributed by atoms with Crippen LogP contribution in [-0.2, 0) is 6.18 Å². The number of amides is 1. The van der Waals surface area contributed by atoms with E-state index in [0.29, 0.717) is 11.9 Å². The van der Waals surface area contributed by atoms with Gasteiger partial charge < -0.3 is 0 Å². The molecule has 0 aliphatic rings. The fourth-order valence-corrected chi connectivity index (χ4v) is 3.34. The number of hydrazine groups is 1. The number of rotatable bonds is 5. The van der Waals surface area contributed by atoms with Crippen LogP contribution >= 0.6 is 11.6 Å². The van der Waals surface area contributed by atoms with E-state index in [1.165, 1.54) is 16.8 Å². The van der Waals surface area contributed by atoms with Crippen LogP contribution < -0.4 is 10.9 Å². The van der Waals surface area contributed by atoms with Gasteiger partial charge in [0.15, 0.2) is 5.82 Å². The lowest BCUT2D eigenvalue weighted by molar-refractivity contribution is -0.137. The van der Waals surface area contributed by atoms with Gasteiger partial charge in [0.05, 0.1) is 16.3 Å². The molecule has 0 unspecified atom stereocenters. The Morgan fingerprint density at radius 3 is 2.28 bits per heavy atom. The summed E-state index contributed by atoms with van der Waals surface area (Å²) in [7, 11) is 0. The number of aromatic nitrogens is 2. The predicted octanol–water partition coefficient (Wildman–Crippen LogP) is 5.97. The van der Waals surface area contributed by atoms with Gasteiger partial charge in [0.1, 0.15) is 5.69 Å². The molecule has 32 heavy (non-hydrogen) atoms. The van der Waals surface area contributed by atoms with Crippen molar-refractivity contribution < 1.29 is 18.0 Å². The highest BCUT2D eigenvalue weighted by Crippen LogP contribution is 2.32. The zero-order valence-corrected chi connectivity index (χ0v) is 17.2. The first-order valence-electron chi connectivity index (χ1n) is 9.45. The third-order valence-electron chi connectivity index (χ3n) is 4.67. The number of anilines is 1. The highest BCUT2D eigenvalue weighted by Gasteiger charge is 2.32. The Bertz CT molecular complexity index is 1240. The van der Waals surface area contributed by atoms with E-state index in [2.05, 4.69) is 15.8 Å². The smallest absolute Gasteiger partial charge is 0.298 e. The van der Waals surface area contributed by atoms with E-state index in [1.54, 1.807) is 6.07 Å². The summed E-state index contributed by atoms with van der Waals surface area (Å²) in [5.41, 5.74) is 7.32. The summed E-state index contributed by atoms with van der Waals surface area (Å²) in [6.07, 6.45) is -2.40. The lowest BCUT2D eigenvalue weighted by Gasteiger charge is -2.13. The maximum absolute atomic E-state index is 12.9. The monoisotopic (exact) mass is 456 g/mol. The number of pyridine rings is 1. The lowest BCUT2D eigenvalue weighted by Crippen LogP contribution is -2.31. The Morgan fingerprint density at radius 1 is 0.938 bits per heavy atom. The average molecular weight is 457 g/mol. The molecular formula is C23H16ClF3N4O. The van der Waals surface area contributed by atoms with Crippen molar-refractivity contribution in [1.29, 1.82) is 0 Å². The molecule has 2 aromatic carbocycles. The van der Waals surface area contributed by atoms with Crippen LogP contribution in [0.1, 0.15) is 16.1 Å². The molecule has 0 aliphatic heterocycles. The van der Waals surface area contributed by atoms with Crippen molar-refractivity contribution in [3.63, 3.8) is 0 Å². The molecule has 0 fully saturated rings. The van der Waals surface area contributed by atoms with Gasteiger partial charge in [-0.3, -0.25) is 20.2 Å². The standard InChI is InChI=1S/C23H16ClF3N4O/c24-19-13-17(23(25,26)27)14-28-21(19)31-12-4-7-20(31)22(32)30-29-18-10-8-16(9-11-18)15-5-2-1-3-6-15/h1-14,29H,(H,30,32). The molecule has 2 heterocycles. The van der Waals surface area contributed by atoms with Gasteiger partial charge in [-0.25, -0.2) is 4.98 Å². The fraction of sp³-hybridized carbons (Fsp3) is 0.0435. The van der Waals surface area contributed by atoms with Gasteiger partial charge in [-0.05, 0) is 41.5 Å². The number of halogens is 4. The zero-order chi connectivity index (χ0) is 22.7. The van der Waals surface area contributed by atoms with Crippen LogP contribution in [-0.4, -0.2) is 15.5 Å². The van der Waals surface area contributed by atoms with Gasteiger partial charge >= 0.3 is 6.18 Å². The number of alkyl halides is 3. The summed E-state index contributed by atoms with van der Waals surface area (Å²) < 4.78 is 39.9. The van der Waals surface area contributed by atoms with Crippen LogP contribution in [0.15, 0.2) is 85.2 Å². The van der Waals surface area contributed by atoms with Crippen molar-refractivity contribution in [2.24, 2.45) is 0 Å². The topological polar surface area (TPSA) is 59.0 Å². The maximum Gasteiger partial charge on any atom is 0.417 e. The average Bonchev–Trinajstić information content (AvgIpc) is 3.27. The van der Waals surface area contributed by atoms with E-state index in [-0.39, 0.29) is 16.5 Å². The van der Waals surface area contributed by atoms with Gasteiger partial charge in [-0.1, -0.05) is 54.1 Å². The number of hydrogen-bond donors (Lipinski definition) is 2. The third-order valence-corrected chi connectivity index (χ3v) is 4.95. The van der Waals surface area contributed by atoms with Gasteiger partial charge in [0.25, 0.3) is 5.91 Å². The molecule has 1 amide bonds. The second-order valence-electron chi connectivity index (χ2n) is 6.81. The van der Waals surface area contributed by atoms with E-state index >= 15 is 0 Å². The summed E-state index contributed by atoms with van der Waals surface area (Å²) in [4.78, 5) is 16.5. The minimum Gasteiger partial charge on any atom is -0.298 e. The molecule has 2 N–H and O–H groups in total. The number of nitrogens with zero attached hydrogens (tertiary/aromatic N) is 2. The van der Waals surface area contributed by atoms with Crippen molar-refractivity contribution in [2.75, 3.05) is 5.43 Å². The summed E-state index contributed by atoms with van der Waals surface area (Å²) in [6, 6.07) is 21.2. The number of benzene rings is 2. The normalized spacial score (nSPS) is 11.2. The molecule has 5 nitrogen and oxygen atoms in total. The zero-order valence-electron chi connectivity index (χ0n) is 16.4. The molecule has 0 saturated heterocycles. The Kier molecular flexibility index (Phi) is 5.87.